The number of carbonyl (C=O) groups excluding carboxylic acids is 2. The molecule has 0 aliphatic heterocycles. The van der Waals surface area contributed by atoms with Gasteiger partial charge in [0.05, 0.1) is 0 Å². The Hall–Kier alpha value is -2.82. The minimum absolute atomic E-state index is 0.0689. The average molecular weight is 425 g/mol. The molecule has 2 atom stereocenters. The van der Waals surface area contributed by atoms with Gasteiger partial charge < -0.3 is 15.0 Å². The Morgan fingerprint density at radius 3 is 2.32 bits per heavy atom. The third-order valence-corrected chi connectivity index (χ3v) is 5.71. The van der Waals surface area contributed by atoms with Gasteiger partial charge in [-0.15, -0.1) is 0 Å². The van der Waals surface area contributed by atoms with Gasteiger partial charge in [0.1, 0.15) is 11.8 Å². The number of amides is 2. The summed E-state index contributed by atoms with van der Waals surface area (Å²) in [5, 5.41) is 3.03. The van der Waals surface area contributed by atoms with E-state index in [2.05, 4.69) is 5.32 Å². The summed E-state index contributed by atoms with van der Waals surface area (Å²) in [4.78, 5) is 27.8. The Bertz CT molecular complexity index is 851. The van der Waals surface area contributed by atoms with Crippen molar-refractivity contribution >= 4 is 11.8 Å². The quantitative estimate of drug-likeness (QED) is 0.580. The molecule has 2 aromatic rings. The van der Waals surface area contributed by atoms with Crippen LogP contribution < -0.4 is 10.1 Å². The molecule has 5 heteroatoms. The largest absolute Gasteiger partial charge is 0.484 e. The lowest BCUT2D eigenvalue weighted by atomic mass is 10.1. The first-order valence-corrected chi connectivity index (χ1v) is 11.2. The van der Waals surface area contributed by atoms with Gasteiger partial charge in [-0.25, -0.2) is 0 Å². The maximum atomic E-state index is 13.2. The summed E-state index contributed by atoms with van der Waals surface area (Å²) in [7, 11) is 0. The number of nitrogens with one attached hydrogen (secondary N) is 1. The van der Waals surface area contributed by atoms with E-state index in [4.69, 9.17) is 4.74 Å². The molecule has 0 fully saturated rings. The van der Waals surface area contributed by atoms with Gasteiger partial charge >= 0.3 is 0 Å². The zero-order valence-electron chi connectivity index (χ0n) is 19.5. The van der Waals surface area contributed by atoms with E-state index in [0.29, 0.717) is 25.1 Å². The minimum Gasteiger partial charge on any atom is -0.484 e. The van der Waals surface area contributed by atoms with Crippen molar-refractivity contribution in [2.45, 2.75) is 66.0 Å². The number of aryl methyl sites for hydroxylation is 2. The van der Waals surface area contributed by atoms with Gasteiger partial charge in [0.25, 0.3) is 5.91 Å². The van der Waals surface area contributed by atoms with Crippen LogP contribution in [0.5, 0.6) is 5.75 Å². The van der Waals surface area contributed by atoms with Crippen LogP contribution in [0.15, 0.2) is 48.5 Å². The van der Waals surface area contributed by atoms with E-state index in [1.807, 2.05) is 83.1 Å². The average Bonchev–Trinajstić information content (AvgIpc) is 2.77. The van der Waals surface area contributed by atoms with E-state index in [9.17, 15) is 9.59 Å². The lowest BCUT2D eigenvalue weighted by molar-refractivity contribution is -0.142. The molecular weight excluding hydrogens is 388 g/mol. The molecule has 0 spiro atoms. The van der Waals surface area contributed by atoms with E-state index in [-0.39, 0.29) is 24.5 Å². The van der Waals surface area contributed by atoms with Gasteiger partial charge in [-0.05, 0) is 68.9 Å². The van der Waals surface area contributed by atoms with Gasteiger partial charge in [-0.3, -0.25) is 9.59 Å². The van der Waals surface area contributed by atoms with Crippen LogP contribution in [0.4, 0.5) is 0 Å². The number of hydrogen-bond acceptors (Lipinski definition) is 3. The summed E-state index contributed by atoms with van der Waals surface area (Å²) >= 11 is 0. The fraction of sp³-hybridized carbons (Fsp3) is 0.462. The Morgan fingerprint density at radius 2 is 1.71 bits per heavy atom. The van der Waals surface area contributed by atoms with Crippen molar-refractivity contribution in [1.82, 2.24) is 10.2 Å². The third-order valence-electron chi connectivity index (χ3n) is 5.71. The lowest BCUT2D eigenvalue weighted by Gasteiger charge is -2.31. The zero-order valence-corrected chi connectivity index (χ0v) is 19.5. The SMILES string of the molecule is CC[C@@H](C)NC(=O)[C@@H](CC)N(CCc1ccccc1)C(=O)COc1ccc(C)c(C)c1. The van der Waals surface area contributed by atoms with Crippen molar-refractivity contribution in [3.8, 4) is 5.75 Å². The Morgan fingerprint density at radius 1 is 1.00 bits per heavy atom. The van der Waals surface area contributed by atoms with Crippen LogP contribution in [0.2, 0.25) is 0 Å². The van der Waals surface area contributed by atoms with Crippen molar-refractivity contribution < 1.29 is 14.3 Å². The van der Waals surface area contributed by atoms with Gasteiger partial charge in [0, 0.05) is 12.6 Å². The molecule has 2 rings (SSSR count). The molecule has 0 saturated carbocycles. The molecule has 5 nitrogen and oxygen atoms in total. The van der Waals surface area contributed by atoms with Gasteiger partial charge in [0.2, 0.25) is 5.91 Å². The van der Waals surface area contributed by atoms with Crippen molar-refractivity contribution in [2.24, 2.45) is 0 Å². The Balaban J connectivity index is 2.14. The van der Waals surface area contributed by atoms with Gasteiger partial charge in [0.15, 0.2) is 6.61 Å². The van der Waals surface area contributed by atoms with E-state index >= 15 is 0 Å². The molecule has 0 aromatic heterocycles. The number of nitrogens with zero attached hydrogens (tertiary/aromatic N) is 1. The number of ether oxygens (including phenoxy) is 1. The van der Waals surface area contributed by atoms with E-state index in [1.54, 1.807) is 4.90 Å². The summed E-state index contributed by atoms with van der Waals surface area (Å²) < 4.78 is 5.79. The van der Waals surface area contributed by atoms with Crippen LogP contribution in [-0.4, -0.2) is 41.9 Å². The number of carbonyl (C=O) groups is 2. The highest BCUT2D eigenvalue weighted by atomic mass is 16.5. The number of rotatable bonds is 11. The summed E-state index contributed by atoms with van der Waals surface area (Å²) in [6.45, 7) is 10.4. The number of benzene rings is 2. The van der Waals surface area contributed by atoms with E-state index in [1.165, 1.54) is 5.56 Å². The molecular formula is C26H36N2O3. The molecule has 0 saturated heterocycles. The highest BCUT2D eigenvalue weighted by molar-refractivity contribution is 5.88. The molecule has 2 aromatic carbocycles. The van der Waals surface area contributed by atoms with Gasteiger partial charge in [-0.2, -0.15) is 0 Å². The van der Waals surface area contributed by atoms with Crippen LogP contribution in [0.3, 0.4) is 0 Å². The maximum absolute atomic E-state index is 13.2. The van der Waals surface area contributed by atoms with Crippen molar-refractivity contribution in [3.63, 3.8) is 0 Å². The van der Waals surface area contributed by atoms with Crippen LogP contribution in [0.25, 0.3) is 0 Å². The molecule has 31 heavy (non-hydrogen) atoms. The summed E-state index contributed by atoms with van der Waals surface area (Å²) in [5.74, 6) is 0.376. The molecule has 0 aliphatic carbocycles. The molecule has 0 radical (unpaired) electrons. The predicted octanol–water partition coefficient (Wildman–Crippen LogP) is 4.45. The molecule has 0 unspecified atom stereocenters. The van der Waals surface area contributed by atoms with Crippen molar-refractivity contribution in [2.75, 3.05) is 13.2 Å². The van der Waals surface area contributed by atoms with Crippen LogP contribution >= 0.6 is 0 Å². The molecule has 168 valence electrons. The van der Waals surface area contributed by atoms with Gasteiger partial charge in [-0.1, -0.05) is 50.2 Å². The molecule has 1 N–H and O–H groups in total. The molecule has 0 aliphatic rings. The monoisotopic (exact) mass is 424 g/mol. The minimum atomic E-state index is -0.520. The maximum Gasteiger partial charge on any atom is 0.261 e. The Kier molecular flexibility index (Phi) is 9.57. The fourth-order valence-electron chi connectivity index (χ4n) is 3.37. The summed E-state index contributed by atoms with van der Waals surface area (Å²) in [6.07, 6.45) is 2.08. The number of hydrogen-bond donors (Lipinski definition) is 1. The summed E-state index contributed by atoms with van der Waals surface area (Å²) in [6, 6.07) is 15.3. The van der Waals surface area contributed by atoms with E-state index in [0.717, 1.165) is 17.5 Å². The zero-order chi connectivity index (χ0) is 22.8. The van der Waals surface area contributed by atoms with Crippen LogP contribution in [-0.2, 0) is 16.0 Å². The van der Waals surface area contributed by atoms with Crippen LogP contribution in [0, 0.1) is 13.8 Å². The first kappa shape index (κ1) is 24.4. The first-order valence-electron chi connectivity index (χ1n) is 11.2. The second-order valence-corrected chi connectivity index (χ2v) is 8.10. The molecule has 0 bridgehead atoms. The lowest BCUT2D eigenvalue weighted by Crippen LogP contribution is -2.52. The standard InChI is InChI=1S/C26H36N2O3/c1-6-21(5)27-26(30)24(7-2)28(16-15-22-11-9-8-10-12-22)25(29)18-31-23-14-13-19(3)20(4)17-23/h8-14,17,21,24H,6-7,15-16,18H2,1-5H3,(H,27,30)/t21-,24-/m1/s1. The first-order chi connectivity index (χ1) is 14.8. The fourth-order valence-corrected chi connectivity index (χ4v) is 3.37. The Labute approximate surface area is 186 Å². The predicted molar refractivity (Wildman–Crippen MR) is 125 cm³/mol. The molecule has 0 heterocycles. The smallest absolute Gasteiger partial charge is 0.261 e. The van der Waals surface area contributed by atoms with Crippen molar-refractivity contribution in [3.05, 3.63) is 65.2 Å². The topological polar surface area (TPSA) is 58.6 Å². The summed E-state index contributed by atoms with van der Waals surface area (Å²) in [5.41, 5.74) is 3.42. The normalized spacial score (nSPS) is 12.7. The highest BCUT2D eigenvalue weighted by Crippen LogP contribution is 2.17. The van der Waals surface area contributed by atoms with Crippen LogP contribution in [0.1, 0.15) is 50.3 Å². The highest BCUT2D eigenvalue weighted by Gasteiger charge is 2.29. The second kappa shape index (κ2) is 12.1. The molecule has 2 amide bonds. The van der Waals surface area contributed by atoms with Crippen molar-refractivity contribution in [1.29, 1.82) is 0 Å². The third kappa shape index (κ3) is 7.42. The van der Waals surface area contributed by atoms with E-state index < -0.39 is 6.04 Å². The second-order valence-electron chi connectivity index (χ2n) is 8.10.